The number of nitrogens with zero attached hydrogens (tertiary/aromatic N) is 4. The Kier molecular flexibility index (Phi) is 5.50. The summed E-state index contributed by atoms with van der Waals surface area (Å²) in [6.45, 7) is 4.16. The fourth-order valence-electron chi connectivity index (χ4n) is 2.90. The van der Waals surface area contributed by atoms with Gasteiger partial charge in [-0.2, -0.15) is 0 Å². The number of rotatable bonds is 7. The van der Waals surface area contributed by atoms with Gasteiger partial charge in [-0.25, -0.2) is 9.97 Å². The van der Waals surface area contributed by atoms with E-state index < -0.39 is 5.97 Å². The zero-order chi connectivity index (χ0) is 15.2. The molecule has 0 spiro atoms. The topological polar surface area (TPSA) is 69.6 Å². The molecule has 21 heavy (non-hydrogen) atoms. The van der Waals surface area contributed by atoms with E-state index >= 15 is 0 Å². The maximum atomic E-state index is 10.7. The average molecular weight is 292 g/mol. The van der Waals surface area contributed by atoms with Gasteiger partial charge in [-0.05, 0) is 25.8 Å². The smallest absolute Gasteiger partial charge is 0.323 e. The standard InChI is InChI=1S/C15H24N4O2/c1-3-5-13-6-4-7-19(13)10-12-8-16-15(17-9-12)18(2)11-14(20)21/h8-9,13H,3-7,10-11H2,1-2H3,(H,20,21)/t13-/m0/s1. The first kappa shape index (κ1) is 15.7. The molecule has 1 N–H and O–H groups in total. The van der Waals surface area contributed by atoms with E-state index in [4.69, 9.17) is 5.11 Å². The number of hydrogen-bond donors (Lipinski definition) is 1. The Morgan fingerprint density at radius 2 is 2.19 bits per heavy atom. The van der Waals surface area contributed by atoms with Gasteiger partial charge in [-0.1, -0.05) is 13.3 Å². The van der Waals surface area contributed by atoms with E-state index in [1.807, 2.05) is 12.4 Å². The summed E-state index contributed by atoms with van der Waals surface area (Å²) in [6, 6.07) is 0.685. The first-order valence-electron chi connectivity index (χ1n) is 7.58. The maximum absolute atomic E-state index is 10.7. The lowest BCUT2D eigenvalue weighted by Crippen LogP contribution is -2.29. The molecule has 116 valence electrons. The number of anilines is 1. The van der Waals surface area contributed by atoms with Gasteiger partial charge >= 0.3 is 5.97 Å². The molecule has 1 aromatic heterocycles. The Morgan fingerprint density at radius 3 is 2.81 bits per heavy atom. The molecule has 1 aromatic rings. The van der Waals surface area contributed by atoms with Gasteiger partial charge < -0.3 is 10.0 Å². The van der Waals surface area contributed by atoms with E-state index in [-0.39, 0.29) is 6.54 Å². The van der Waals surface area contributed by atoms with Gasteiger partial charge in [0.2, 0.25) is 5.95 Å². The minimum absolute atomic E-state index is 0.0932. The molecule has 0 saturated carbocycles. The molecular formula is C15H24N4O2. The van der Waals surface area contributed by atoms with Crippen LogP contribution in [0.25, 0.3) is 0 Å². The molecule has 1 fully saturated rings. The van der Waals surface area contributed by atoms with Gasteiger partial charge in [0, 0.05) is 37.6 Å². The number of likely N-dealkylation sites (N-methyl/N-ethyl adjacent to an activating group) is 1. The molecule has 1 aliphatic rings. The van der Waals surface area contributed by atoms with Gasteiger partial charge in [0.1, 0.15) is 6.54 Å². The summed E-state index contributed by atoms with van der Waals surface area (Å²) in [5.74, 6) is -0.433. The highest BCUT2D eigenvalue weighted by atomic mass is 16.4. The number of carbonyl (C=O) groups is 1. The summed E-state index contributed by atoms with van der Waals surface area (Å²) in [5, 5.41) is 8.77. The van der Waals surface area contributed by atoms with Gasteiger partial charge in [-0.3, -0.25) is 9.69 Å². The molecule has 6 heteroatoms. The third-order valence-electron chi connectivity index (χ3n) is 3.91. The SMILES string of the molecule is CCC[C@H]1CCCN1Cc1cnc(N(C)CC(=O)O)nc1. The third-order valence-corrected chi connectivity index (χ3v) is 3.91. The van der Waals surface area contributed by atoms with Crippen LogP contribution in [-0.2, 0) is 11.3 Å². The van der Waals surface area contributed by atoms with Crippen molar-refractivity contribution in [3.63, 3.8) is 0 Å². The second-order valence-electron chi connectivity index (χ2n) is 5.70. The van der Waals surface area contributed by atoms with Gasteiger partial charge in [0.25, 0.3) is 0 Å². The second-order valence-corrected chi connectivity index (χ2v) is 5.70. The Balaban J connectivity index is 1.94. The summed E-state index contributed by atoms with van der Waals surface area (Å²) in [7, 11) is 1.68. The largest absolute Gasteiger partial charge is 0.480 e. The van der Waals surface area contributed by atoms with E-state index in [1.165, 1.54) is 30.6 Å². The molecule has 2 heterocycles. The number of hydrogen-bond acceptors (Lipinski definition) is 5. The molecule has 6 nitrogen and oxygen atoms in total. The van der Waals surface area contributed by atoms with Crippen molar-refractivity contribution >= 4 is 11.9 Å². The van der Waals surface area contributed by atoms with E-state index in [9.17, 15) is 4.79 Å². The Labute approximate surface area is 125 Å². The highest BCUT2D eigenvalue weighted by molar-refractivity contribution is 5.72. The van der Waals surface area contributed by atoms with Gasteiger partial charge in [0.15, 0.2) is 0 Å². The van der Waals surface area contributed by atoms with Crippen molar-refractivity contribution in [3.8, 4) is 0 Å². The predicted octanol–water partition coefficient (Wildman–Crippen LogP) is 1.76. The normalized spacial score (nSPS) is 18.9. The summed E-state index contributed by atoms with van der Waals surface area (Å²) >= 11 is 0. The Bertz CT molecular complexity index is 463. The van der Waals surface area contributed by atoms with Crippen LogP contribution in [-0.4, -0.2) is 52.1 Å². The molecular weight excluding hydrogens is 268 g/mol. The molecule has 1 saturated heterocycles. The van der Waals surface area contributed by atoms with Crippen molar-refractivity contribution < 1.29 is 9.90 Å². The van der Waals surface area contributed by atoms with Crippen LogP contribution in [0.5, 0.6) is 0 Å². The minimum atomic E-state index is -0.885. The second kappa shape index (κ2) is 7.36. The van der Waals surface area contributed by atoms with Crippen LogP contribution in [0.4, 0.5) is 5.95 Å². The first-order valence-corrected chi connectivity index (χ1v) is 7.58. The number of carboxylic acid groups (broad SMARTS) is 1. The third kappa shape index (κ3) is 4.39. The van der Waals surface area contributed by atoms with Crippen molar-refractivity contribution in [1.82, 2.24) is 14.9 Å². The van der Waals surface area contributed by atoms with E-state index in [1.54, 1.807) is 7.05 Å². The van der Waals surface area contributed by atoms with Crippen molar-refractivity contribution in [2.24, 2.45) is 0 Å². The predicted molar refractivity (Wildman–Crippen MR) is 81.3 cm³/mol. The maximum Gasteiger partial charge on any atom is 0.323 e. The lowest BCUT2D eigenvalue weighted by atomic mass is 10.1. The van der Waals surface area contributed by atoms with Crippen LogP contribution in [0.15, 0.2) is 12.4 Å². The lowest BCUT2D eigenvalue weighted by Gasteiger charge is -2.24. The molecule has 0 bridgehead atoms. The quantitative estimate of drug-likeness (QED) is 0.826. The van der Waals surface area contributed by atoms with Gasteiger partial charge in [0.05, 0.1) is 0 Å². The molecule has 1 aliphatic heterocycles. The zero-order valence-electron chi connectivity index (χ0n) is 12.8. The summed E-state index contributed by atoms with van der Waals surface area (Å²) in [4.78, 5) is 23.2. The monoisotopic (exact) mass is 292 g/mol. The first-order chi connectivity index (χ1) is 10.1. The summed E-state index contributed by atoms with van der Waals surface area (Å²) in [5.41, 5.74) is 1.09. The number of aliphatic carboxylic acids is 1. The van der Waals surface area contributed by atoms with Crippen LogP contribution >= 0.6 is 0 Å². The van der Waals surface area contributed by atoms with Crippen molar-refractivity contribution in [2.75, 3.05) is 25.0 Å². The number of aromatic nitrogens is 2. The summed E-state index contributed by atoms with van der Waals surface area (Å²) in [6.07, 6.45) is 8.64. The van der Waals surface area contributed by atoms with Crippen molar-refractivity contribution in [2.45, 2.75) is 45.2 Å². The molecule has 0 aromatic carbocycles. The highest BCUT2D eigenvalue weighted by Gasteiger charge is 2.23. The van der Waals surface area contributed by atoms with Crippen LogP contribution in [0.1, 0.15) is 38.2 Å². The molecule has 0 radical (unpaired) electrons. The summed E-state index contributed by atoms with van der Waals surface area (Å²) < 4.78 is 0. The van der Waals surface area contributed by atoms with Crippen LogP contribution in [0.3, 0.4) is 0 Å². The Morgan fingerprint density at radius 1 is 1.48 bits per heavy atom. The van der Waals surface area contributed by atoms with E-state index in [2.05, 4.69) is 21.8 Å². The van der Waals surface area contributed by atoms with Crippen LogP contribution < -0.4 is 4.90 Å². The molecule has 2 rings (SSSR count). The Hall–Kier alpha value is -1.69. The van der Waals surface area contributed by atoms with E-state index in [0.717, 1.165) is 18.7 Å². The average Bonchev–Trinajstić information content (AvgIpc) is 2.86. The van der Waals surface area contributed by atoms with Crippen molar-refractivity contribution in [3.05, 3.63) is 18.0 Å². The number of likely N-dealkylation sites (tertiary alicyclic amines) is 1. The van der Waals surface area contributed by atoms with Gasteiger partial charge in [-0.15, -0.1) is 0 Å². The van der Waals surface area contributed by atoms with Crippen LogP contribution in [0, 0.1) is 0 Å². The molecule has 1 atom stereocenters. The number of carboxylic acids is 1. The molecule has 0 aliphatic carbocycles. The highest BCUT2D eigenvalue weighted by Crippen LogP contribution is 2.23. The fraction of sp³-hybridized carbons (Fsp3) is 0.667. The zero-order valence-corrected chi connectivity index (χ0v) is 12.8. The van der Waals surface area contributed by atoms with E-state index in [0.29, 0.717) is 12.0 Å². The lowest BCUT2D eigenvalue weighted by molar-refractivity contribution is -0.135. The molecule has 0 unspecified atom stereocenters. The van der Waals surface area contributed by atoms with Crippen molar-refractivity contribution in [1.29, 1.82) is 0 Å². The fourth-order valence-corrected chi connectivity index (χ4v) is 2.90. The van der Waals surface area contributed by atoms with Crippen LogP contribution in [0.2, 0.25) is 0 Å². The molecule has 0 amide bonds. The minimum Gasteiger partial charge on any atom is -0.480 e.